The Kier molecular flexibility index (Phi) is 6.10. The lowest BCUT2D eigenvalue weighted by Gasteiger charge is -2.25. The molecule has 22 heavy (non-hydrogen) atoms. The number of methoxy groups -OCH3 is 1. The molecule has 0 aliphatic heterocycles. The second-order valence-electron chi connectivity index (χ2n) is 5.61. The van der Waals surface area contributed by atoms with Gasteiger partial charge >= 0.3 is 5.97 Å². The smallest absolute Gasteiger partial charge is 0.329 e. The van der Waals surface area contributed by atoms with Gasteiger partial charge in [-0.2, -0.15) is 0 Å². The van der Waals surface area contributed by atoms with E-state index in [2.05, 4.69) is 15.9 Å². The number of aromatic nitrogens is 1. The molecule has 1 aromatic rings. The van der Waals surface area contributed by atoms with Crippen LogP contribution in [-0.2, 0) is 9.53 Å². The van der Waals surface area contributed by atoms with Gasteiger partial charge in [0.15, 0.2) is 0 Å². The number of nitrogens with zero attached hydrogens (tertiary/aromatic N) is 1. The molecule has 0 amide bonds. The van der Waals surface area contributed by atoms with Crippen LogP contribution in [0.25, 0.3) is 0 Å². The first-order valence-corrected chi connectivity index (χ1v) is 7.31. The molecule has 0 spiro atoms. The lowest BCUT2D eigenvalue weighted by molar-refractivity contribution is -0.160. The van der Waals surface area contributed by atoms with Crippen LogP contribution in [0, 0.1) is 0 Å². The number of carbonyl (C=O) groups is 1. The SMILES string of the molecule is COc1cn(C(CC(F)F)C(=O)OC(C)(C)C)c(=O)cc1Br. The first-order valence-electron chi connectivity index (χ1n) is 6.52. The van der Waals surface area contributed by atoms with Gasteiger partial charge in [0.2, 0.25) is 6.43 Å². The van der Waals surface area contributed by atoms with Gasteiger partial charge < -0.3 is 9.47 Å². The minimum atomic E-state index is -2.76. The Hall–Kier alpha value is -1.44. The predicted octanol–water partition coefficient (Wildman–Crippen LogP) is 3.16. The Labute approximate surface area is 135 Å². The van der Waals surface area contributed by atoms with Gasteiger partial charge in [-0.1, -0.05) is 0 Å². The molecule has 8 heteroatoms. The molecule has 0 aliphatic rings. The summed E-state index contributed by atoms with van der Waals surface area (Å²) < 4.78 is 37.0. The van der Waals surface area contributed by atoms with Gasteiger partial charge in [-0.05, 0) is 36.7 Å². The van der Waals surface area contributed by atoms with Crippen LogP contribution >= 0.6 is 15.9 Å². The summed E-state index contributed by atoms with van der Waals surface area (Å²) in [5.41, 5.74) is -1.45. The summed E-state index contributed by atoms with van der Waals surface area (Å²) in [6, 6.07) is -0.268. The van der Waals surface area contributed by atoms with Crippen LogP contribution in [-0.4, -0.2) is 29.7 Å². The third-order valence-corrected chi connectivity index (χ3v) is 3.25. The molecule has 1 unspecified atom stereocenters. The van der Waals surface area contributed by atoms with Crippen LogP contribution < -0.4 is 10.3 Å². The number of esters is 1. The maximum atomic E-state index is 12.8. The molecule has 0 saturated heterocycles. The molecule has 1 atom stereocenters. The van der Waals surface area contributed by atoms with Gasteiger partial charge in [-0.3, -0.25) is 9.36 Å². The molecule has 0 saturated carbocycles. The summed E-state index contributed by atoms with van der Waals surface area (Å²) in [6.07, 6.45) is -2.37. The molecule has 0 fully saturated rings. The number of hydrogen-bond acceptors (Lipinski definition) is 4. The van der Waals surface area contributed by atoms with Crippen LogP contribution in [0.1, 0.15) is 33.2 Å². The first-order chi connectivity index (χ1) is 10.0. The summed E-state index contributed by atoms with van der Waals surface area (Å²) in [5, 5.41) is 0. The second kappa shape index (κ2) is 7.21. The largest absolute Gasteiger partial charge is 0.494 e. The van der Waals surface area contributed by atoms with Crippen molar-refractivity contribution in [1.29, 1.82) is 0 Å². The van der Waals surface area contributed by atoms with Crippen molar-refractivity contribution in [3.8, 4) is 5.75 Å². The molecule has 0 N–H and O–H groups in total. The monoisotopic (exact) mass is 381 g/mol. The zero-order valence-electron chi connectivity index (χ0n) is 12.7. The average Bonchev–Trinajstić information content (AvgIpc) is 2.34. The number of carbonyl (C=O) groups excluding carboxylic acids is 1. The van der Waals surface area contributed by atoms with Crippen LogP contribution in [0.15, 0.2) is 21.5 Å². The van der Waals surface area contributed by atoms with Crippen molar-refractivity contribution in [3.05, 3.63) is 27.1 Å². The van der Waals surface area contributed by atoms with Gasteiger partial charge in [0, 0.05) is 12.5 Å². The van der Waals surface area contributed by atoms with E-state index in [0.29, 0.717) is 4.47 Å². The predicted molar refractivity (Wildman–Crippen MR) is 80.5 cm³/mol. The molecule has 0 bridgehead atoms. The number of halogens is 3. The molecular weight excluding hydrogens is 364 g/mol. The van der Waals surface area contributed by atoms with Crippen LogP contribution in [0.4, 0.5) is 8.78 Å². The molecule has 0 radical (unpaired) electrons. The summed E-state index contributed by atoms with van der Waals surface area (Å²) in [4.78, 5) is 24.2. The van der Waals surface area contributed by atoms with Crippen LogP contribution in [0.2, 0.25) is 0 Å². The van der Waals surface area contributed by atoms with Gasteiger partial charge in [-0.25, -0.2) is 13.6 Å². The molecule has 1 rings (SSSR count). The number of rotatable bonds is 5. The lowest BCUT2D eigenvalue weighted by atomic mass is 10.1. The Morgan fingerprint density at radius 1 is 1.41 bits per heavy atom. The highest BCUT2D eigenvalue weighted by molar-refractivity contribution is 9.10. The van der Waals surface area contributed by atoms with E-state index in [9.17, 15) is 18.4 Å². The zero-order chi connectivity index (χ0) is 17.1. The van der Waals surface area contributed by atoms with E-state index in [0.717, 1.165) is 10.6 Å². The van der Waals surface area contributed by atoms with Crippen molar-refractivity contribution in [2.24, 2.45) is 0 Å². The van der Waals surface area contributed by atoms with E-state index >= 15 is 0 Å². The van der Waals surface area contributed by atoms with Gasteiger partial charge in [0.05, 0.1) is 17.8 Å². The molecular formula is C14H18BrF2NO4. The zero-order valence-corrected chi connectivity index (χ0v) is 14.3. The van der Waals surface area contributed by atoms with E-state index in [1.165, 1.54) is 13.3 Å². The highest BCUT2D eigenvalue weighted by atomic mass is 79.9. The Morgan fingerprint density at radius 2 is 2.00 bits per heavy atom. The highest BCUT2D eigenvalue weighted by Gasteiger charge is 2.30. The van der Waals surface area contributed by atoms with Crippen LogP contribution in [0.5, 0.6) is 5.75 Å². The highest BCUT2D eigenvalue weighted by Crippen LogP contribution is 2.26. The summed E-state index contributed by atoms with van der Waals surface area (Å²) in [6.45, 7) is 4.86. The van der Waals surface area contributed by atoms with E-state index in [1.807, 2.05) is 0 Å². The van der Waals surface area contributed by atoms with Crippen LogP contribution in [0.3, 0.4) is 0 Å². The average molecular weight is 382 g/mol. The summed E-state index contributed by atoms with van der Waals surface area (Å²) in [5.74, 6) is -0.637. The van der Waals surface area contributed by atoms with E-state index in [-0.39, 0.29) is 5.75 Å². The van der Waals surface area contributed by atoms with Crippen molar-refractivity contribution in [1.82, 2.24) is 4.57 Å². The number of ether oxygens (including phenoxy) is 2. The maximum Gasteiger partial charge on any atom is 0.329 e. The summed E-state index contributed by atoms with van der Waals surface area (Å²) in [7, 11) is 1.37. The quantitative estimate of drug-likeness (QED) is 0.735. The fraction of sp³-hybridized carbons (Fsp3) is 0.571. The Bertz CT molecular complexity index is 595. The fourth-order valence-corrected chi connectivity index (χ4v) is 2.22. The molecule has 124 valence electrons. The van der Waals surface area contributed by atoms with Crippen molar-refractivity contribution >= 4 is 21.9 Å². The topological polar surface area (TPSA) is 57.5 Å². The number of pyridine rings is 1. The Balaban J connectivity index is 3.28. The van der Waals surface area contributed by atoms with Crippen molar-refractivity contribution in [3.63, 3.8) is 0 Å². The maximum absolute atomic E-state index is 12.8. The molecule has 1 heterocycles. The van der Waals surface area contributed by atoms with Gasteiger partial charge in [0.1, 0.15) is 17.4 Å². The van der Waals surface area contributed by atoms with Crippen molar-refractivity contribution in [2.75, 3.05) is 7.11 Å². The molecule has 5 nitrogen and oxygen atoms in total. The van der Waals surface area contributed by atoms with Gasteiger partial charge in [-0.15, -0.1) is 0 Å². The minimum absolute atomic E-state index is 0.252. The van der Waals surface area contributed by atoms with E-state index in [1.54, 1.807) is 20.8 Å². The lowest BCUT2D eigenvalue weighted by Crippen LogP contribution is -2.35. The van der Waals surface area contributed by atoms with Crippen molar-refractivity contribution < 1.29 is 23.0 Å². The number of alkyl halides is 2. The fourth-order valence-electron chi connectivity index (χ4n) is 1.76. The molecule has 1 aromatic heterocycles. The van der Waals surface area contributed by atoms with E-state index < -0.39 is 36.0 Å². The van der Waals surface area contributed by atoms with Gasteiger partial charge in [0.25, 0.3) is 5.56 Å². The number of hydrogen-bond donors (Lipinski definition) is 0. The second-order valence-corrected chi connectivity index (χ2v) is 6.47. The standard InChI is InChI=1S/C14H18BrF2NO4/c1-14(2,3)22-13(20)9(6-11(16)17)18-7-10(21-4)8(15)5-12(18)19/h5,7,9,11H,6H2,1-4H3. The molecule has 0 aromatic carbocycles. The Morgan fingerprint density at radius 3 is 2.45 bits per heavy atom. The van der Waals surface area contributed by atoms with Crippen molar-refractivity contribution in [2.45, 2.75) is 45.3 Å². The van der Waals surface area contributed by atoms with E-state index in [4.69, 9.17) is 9.47 Å². The first kappa shape index (κ1) is 18.6. The summed E-state index contributed by atoms with van der Waals surface area (Å²) >= 11 is 3.12. The molecule has 0 aliphatic carbocycles. The third-order valence-electron chi connectivity index (χ3n) is 2.63. The third kappa shape index (κ3) is 5.08. The minimum Gasteiger partial charge on any atom is -0.494 e. The normalized spacial score (nSPS) is 13.1.